The first kappa shape index (κ1) is 18.0. The van der Waals surface area contributed by atoms with E-state index in [9.17, 15) is 0 Å². The van der Waals surface area contributed by atoms with Gasteiger partial charge in [-0.3, -0.25) is 0 Å². The minimum Gasteiger partial charge on any atom is -0.309 e. The maximum Gasteiger partial charge on any atom is 0.0547 e. The average molecular weight is 444 g/mol. The molecule has 2 aliphatic rings. The van der Waals surface area contributed by atoms with Gasteiger partial charge in [0.15, 0.2) is 0 Å². The molecule has 162 valence electrons. The summed E-state index contributed by atoms with van der Waals surface area (Å²) in [7, 11) is 0. The maximum atomic E-state index is 2.51. The topological polar surface area (TPSA) is 4.41 Å². The molecule has 9 rings (SSSR count). The number of aromatic nitrogens is 1. The average Bonchev–Trinajstić information content (AvgIpc) is 3.58. The van der Waals surface area contributed by atoms with Crippen molar-refractivity contribution in [1.82, 2.24) is 4.40 Å². The Morgan fingerprint density at radius 2 is 1.20 bits per heavy atom. The van der Waals surface area contributed by atoms with Crippen LogP contribution in [0.4, 0.5) is 0 Å². The Balaban J connectivity index is 1.52. The lowest BCUT2D eigenvalue weighted by atomic mass is 9.93. The third-order valence-electron chi connectivity index (χ3n) is 8.39. The van der Waals surface area contributed by atoms with E-state index in [0.29, 0.717) is 0 Å². The van der Waals surface area contributed by atoms with Crippen LogP contribution >= 0.6 is 0 Å². The van der Waals surface area contributed by atoms with Crippen LogP contribution in [0.25, 0.3) is 60.3 Å². The van der Waals surface area contributed by atoms with Crippen LogP contribution in [0.15, 0.2) is 103 Å². The summed E-state index contributed by atoms with van der Waals surface area (Å²) in [5, 5.41) is 5.47. The molecule has 1 heteroatoms. The Hall–Kier alpha value is -4.36. The summed E-state index contributed by atoms with van der Waals surface area (Å²) in [6.45, 7) is 0. The highest BCUT2D eigenvalue weighted by Crippen LogP contribution is 2.47. The van der Waals surface area contributed by atoms with Crippen molar-refractivity contribution in [2.45, 2.75) is 12.8 Å². The number of hydrogen-bond donors (Lipinski definition) is 0. The lowest BCUT2D eigenvalue weighted by Crippen LogP contribution is -1.95. The number of nitrogens with zero attached hydrogens (tertiary/aromatic N) is 1. The number of rotatable bonds is 0. The van der Waals surface area contributed by atoms with Gasteiger partial charge >= 0.3 is 0 Å². The van der Waals surface area contributed by atoms with E-state index in [4.69, 9.17) is 0 Å². The van der Waals surface area contributed by atoms with E-state index in [1.54, 1.807) is 0 Å². The van der Waals surface area contributed by atoms with Gasteiger partial charge in [0.2, 0.25) is 0 Å². The van der Waals surface area contributed by atoms with Crippen LogP contribution in [0.2, 0.25) is 0 Å². The van der Waals surface area contributed by atoms with E-state index in [1.807, 2.05) is 0 Å². The molecule has 0 unspecified atom stereocenters. The molecule has 35 heavy (non-hydrogen) atoms. The zero-order valence-corrected chi connectivity index (χ0v) is 19.2. The summed E-state index contributed by atoms with van der Waals surface area (Å²) < 4.78 is 2.50. The van der Waals surface area contributed by atoms with Crippen molar-refractivity contribution in [3.8, 4) is 22.3 Å². The van der Waals surface area contributed by atoms with Crippen molar-refractivity contribution in [3.63, 3.8) is 0 Å². The minimum absolute atomic E-state index is 1.000. The van der Waals surface area contributed by atoms with Gasteiger partial charge in [0.1, 0.15) is 0 Å². The molecule has 5 aromatic carbocycles. The second kappa shape index (κ2) is 6.20. The van der Waals surface area contributed by atoms with Gasteiger partial charge in [-0.15, -0.1) is 0 Å². The Morgan fingerprint density at radius 3 is 2.09 bits per heavy atom. The number of pyridine rings is 1. The maximum absolute atomic E-state index is 2.51. The van der Waals surface area contributed by atoms with Crippen molar-refractivity contribution < 1.29 is 0 Å². The van der Waals surface area contributed by atoms with E-state index in [-0.39, 0.29) is 0 Å². The number of para-hydroxylation sites is 1. The van der Waals surface area contributed by atoms with Gasteiger partial charge in [-0.2, -0.15) is 0 Å². The largest absolute Gasteiger partial charge is 0.309 e. The van der Waals surface area contributed by atoms with Crippen molar-refractivity contribution in [2.24, 2.45) is 0 Å². The Morgan fingerprint density at radius 1 is 0.457 bits per heavy atom. The fraction of sp³-hybridized carbons (Fsp3) is 0.0588. The number of hydrogen-bond acceptors (Lipinski definition) is 0. The van der Waals surface area contributed by atoms with Gasteiger partial charge in [-0.1, -0.05) is 72.8 Å². The Bertz CT molecular complexity index is 2050. The van der Waals surface area contributed by atoms with E-state index in [0.717, 1.165) is 12.8 Å². The molecule has 7 aromatic rings. The van der Waals surface area contributed by atoms with Crippen molar-refractivity contribution in [2.75, 3.05) is 0 Å². The molecule has 2 aromatic heterocycles. The molecule has 0 aliphatic heterocycles. The van der Waals surface area contributed by atoms with Crippen molar-refractivity contribution in [3.05, 3.63) is 125 Å². The number of fused-ring (bicyclic) bond motifs is 15. The molecule has 0 saturated heterocycles. The molecular formula is C34H21N. The SMILES string of the molecule is c1ccc2c(c1)Cc1cc3c(cc1-2)c1cc2ccccc2n1c1ccc2c(c31)Cc1ccccc1-2. The lowest BCUT2D eigenvalue weighted by Gasteiger charge is -2.15. The van der Waals surface area contributed by atoms with Crippen LogP contribution in [-0.4, -0.2) is 4.40 Å². The van der Waals surface area contributed by atoms with Gasteiger partial charge in [0.25, 0.3) is 0 Å². The molecule has 0 fully saturated rings. The second-order valence-electron chi connectivity index (χ2n) is 10.1. The van der Waals surface area contributed by atoms with Gasteiger partial charge in [-0.25, -0.2) is 0 Å². The van der Waals surface area contributed by atoms with E-state index in [1.165, 1.54) is 82.6 Å². The normalized spacial score (nSPS) is 13.5. The second-order valence-corrected chi connectivity index (χ2v) is 10.1. The summed E-state index contributed by atoms with van der Waals surface area (Å²) in [5.74, 6) is 0. The van der Waals surface area contributed by atoms with Crippen LogP contribution in [0.5, 0.6) is 0 Å². The van der Waals surface area contributed by atoms with Gasteiger partial charge in [0, 0.05) is 16.2 Å². The summed E-state index contributed by atoms with van der Waals surface area (Å²) >= 11 is 0. The summed E-state index contributed by atoms with van der Waals surface area (Å²) in [4.78, 5) is 0. The lowest BCUT2D eigenvalue weighted by molar-refractivity contribution is 1.26. The summed E-state index contributed by atoms with van der Waals surface area (Å²) in [6.07, 6.45) is 2.02. The van der Waals surface area contributed by atoms with E-state index >= 15 is 0 Å². The molecule has 0 spiro atoms. The first-order valence-electron chi connectivity index (χ1n) is 12.5. The van der Waals surface area contributed by atoms with Crippen LogP contribution < -0.4 is 0 Å². The third-order valence-corrected chi connectivity index (χ3v) is 8.39. The molecule has 0 amide bonds. The predicted molar refractivity (Wildman–Crippen MR) is 146 cm³/mol. The molecule has 1 nitrogen and oxygen atoms in total. The molecule has 0 atom stereocenters. The van der Waals surface area contributed by atoms with Crippen molar-refractivity contribution >= 4 is 38.1 Å². The minimum atomic E-state index is 1.000. The highest BCUT2D eigenvalue weighted by molar-refractivity contribution is 6.19. The third kappa shape index (κ3) is 2.19. The van der Waals surface area contributed by atoms with Crippen LogP contribution in [-0.2, 0) is 12.8 Å². The van der Waals surface area contributed by atoms with E-state index < -0.39 is 0 Å². The smallest absolute Gasteiger partial charge is 0.0547 e. The van der Waals surface area contributed by atoms with Gasteiger partial charge in [-0.05, 0) is 93.1 Å². The van der Waals surface area contributed by atoms with E-state index in [2.05, 4.69) is 108 Å². The Kier molecular flexibility index (Phi) is 3.19. The predicted octanol–water partition coefficient (Wildman–Crippen LogP) is 8.54. The first-order chi connectivity index (χ1) is 17.3. The molecular weight excluding hydrogens is 422 g/mol. The van der Waals surface area contributed by atoms with Crippen LogP contribution in [0, 0.1) is 0 Å². The molecule has 0 N–H and O–H groups in total. The van der Waals surface area contributed by atoms with Crippen molar-refractivity contribution in [1.29, 1.82) is 0 Å². The zero-order valence-electron chi connectivity index (χ0n) is 19.2. The van der Waals surface area contributed by atoms with Gasteiger partial charge in [0.05, 0.1) is 16.6 Å². The quantitative estimate of drug-likeness (QED) is 0.207. The highest BCUT2D eigenvalue weighted by atomic mass is 14.9. The monoisotopic (exact) mass is 443 g/mol. The molecule has 0 saturated carbocycles. The summed E-state index contributed by atoms with van der Waals surface area (Å²) in [5.41, 5.74) is 15.3. The zero-order chi connectivity index (χ0) is 22.7. The first-order valence-corrected chi connectivity index (χ1v) is 12.5. The molecule has 0 radical (unpaired) electrons. The molecule has 2 aliphatic carbocycles. The fourth-order valence-electron chi connectivity index (χ4n) is 6.90. The summed E-state index contributed by atoms with van der Waals surface area (Å²) in [6, 6.07) is 38.7. The fourth-order valence-corrected chi connectivity index (χ4v) is 6.90. The molecule has 2 heterocycles. The molecule has 0 bridgehead atoms. The Labute approximate surface area is 202 Å². The number of benzene rings is 5. The van der Waals surface area contributed by atoms with Crippen LogP contribution in [0.3, 0.4) is 0 Å². The standard InChI is InChI=1S/C34H21N/c1-5-11-25-20(7-1)15-23-17-30-28(19-27(23)25)33-18-22-9-3-6-12-31(22)35(33)32-14-13-26-24-10-4-2-8-21(24)16-29(26)34(30)32/h1-14,17-19H,15-16H2. The highest BCUT2D eigenvalue weighted by Gasteiger charge is 2.25. The van der Waals surface area contributed by atoms with Crippen LogP contribution in [0.1, 0.15) is 22.3 Å². The van der Waals surface area contributed by atoms with Gasteiger partial charge < -0.3 is 4.40 Å².